The number of nitrogens with zero attached hydrogens (tertiary/aromatic N) is 3. The number of benzene rings is 5. The van der Waals surface area contributed by atoms with E-state index in [-0.39, 0.29) is 20.8 Å². The van der Waals surface area contributed by atoms with Crippen molar-refractivity contribution in [1.29, 1.82) is 0 Å². The van der Waals surface area contributed by atoms with Crippen LogP contribution in [0.2, 0.25) is 0 Å². The van der Waals surface area contributed by atoms with Crippen molar-refractivity contribution in [2.45, 2.75) is 142 Å². The first-order valence-corrected chi connectivity index (χ1v) is 35.2. The van der Waals surface area contributed by atoms with Crippen molar-refractivity contribution >= 4 is 31.2 Å². The number of pyridine rings is 3. The zero-order valence-corrected chi connectivity index (χ0v) is 53.4. The van der Waals surface area contributed by atoms with Crippen LogP contribution in [0.1, 0.15) is 156 Å². The van der Waals surface area contributed by atoms with Crippen LogP contribution < -0.4 is 0 Å². The molecule has 3 aromatic heterocycles. The first-order valence-electron chi connectivity index (χ1n) is 31.7. The number of hydrogen-bond donors (Lipinski definition) is 0. The molecule has 6 heteroatoms. The molecule has 7 aliphatic carbocycles. The number of hydrogen-bond acceptors (Lipinski definition) is 3. The molecule has 437 valence electrons. The minimum absolute atomic E-state index is 0. The third-order valence-electron chi connectivity index (χ3n) is 21.1. The monoisotopic (exact) mass is 1200 g/mol. The number of fused-ring (bicyclic) bond motifs is 6. The van der Waals surface area contributed by atoms with Crippen LogP contribution in [0.15, 0.2) is 200 Å². The van der Waals surface area contributed by atoms with Crippen LogP contribution in [0.3, 0.4) is 0 Å². The topological polar surface area (TPSA) is 38.7 Å². The van der Waals surface area contributed by atoms with Crippen LogP contribution in [0.5, 0.6) is 0 Å². The molecular formula is C79H86Cl2CrN3. The summed E-state index contributed by atoms with van der Waals surface area (Å²) in [6.07, 6.45) is 27.4. The van der Waals surface area contributed by atoms with Gasteiger partial charge in [0, 0.05) is 60.3 Å². The van der Waals surface area contributed by atoms with E-state index >= 15 is 0 Å². The van der Waals surface area contributed by atoms with Gasteiger partial charge in [0.05, 0.1) is 0 Å². The summed E-state index contributed by atoms with van der Waals surface area (Å²) in [5, 5.41) is 0. The predicted molar refractivity (Wildman–Crippen MR) is 353 cm³/mol. The van der Waals surface area contributed by atoms with E-state index in [9.17, 15) is 0 Å². The Hall–Kier alpha value is -5.86. The van der Waals surface area contributed by atoms with Gasteiger partial charge in [-0.1, -0.05) is 171 Å². The van der Waals surface area contributed by atoms with Gasteiger partial charge < -0.3 is 7.43 Å². The molecule has 5 aromatic carbocycles. The first-order chi connectivity index (χ1) is 41.3. The van der Waals surface area contributed by atoms with Gasteiger partial charge in [0.25, 0.3) is 0 Å². The van der Waals surface area contributed by atoms with Gasteiger partial charge in [0.2, 0.25) is 0 Å². The van der Waals surface area contributed by atoms with Gasteiger partial charge in [-0.25, -0.2) is 0 Å². The van der Waals surface area contributed by atoms with Crippen LogP contribution in [0, 0.1) is 48.9 Å². The Morgan fingerprint density at radius 2 is 0.835 bits per heavy atom. The molecule has 85 heavy (non-hydrogen) atoms. The summed E-state index contributed by atoms with van der Waals surface area (Å²) in [4.78, 5) is 13.9. The maximum absolute atomic E-state index is 4.83. The standard InChI is InChI=1S/C26H33N.2C26H25N.CH3.2ClH.Cr/c3*1-18-23(14-19-8-3-2-4-9-19)25-15-20-10-7-11-21(20)16-26(25)24(18)17-22-12-5-6-13-27-22;;;;/h2-6,8-9,12-13,18,20-21,23-26H,7,10-11,14-17H2,1H3;2-6,8-9,12-13,15-16,24H,7,10-11,14,17H2,1H3;2-6,8-9,12-13,15-16,23H,7,10-11,14,17H2,1H3;1H3;2*1H;/q;;;-1;;;+3/p-2. The van der Waals surface area contributed by atoms with Gasteiger partial charge in [-0.05, 0) is 241 Å². The average Bonchev–Trinajstić information content (AvgIpc) is 3.01. The molecule has 0 radical (unpaired) electrons. The van der Waals surface area contributed by atoms with E-state index in [0.717, 1.165) is 67.1 Å². The van der Waals surface area contributed by atoms with E-state index in [1.807, 2.05) is 36.8 Å². The van der Waals surface area contributed by atoms with Crippen molar-refractivity contribution in [3.63, 3.8) is 0 Å². The van der Waals surface area contributed by atoms with Gasteiger partial charge in [0.15, 0.2) is 0 Å². The van der Waals surface area contributed by atoms with E-state index < -0.39 is 0 Å². The molecule has 0 bridgehead atoms. The van der Waals surface area contributed by atoms with Crippen molar-refractivity contribution in [2.24, 2.45) is 41.4 Å². The third-order valence-corrected chi connectivity index (χ3v) is 21.1. The molecule has 8 aromatic rings. The molecule has 0 amide bonds. The fraction of sp³-hybridized carbons (Fsp3) is 0.367. The number of aromatic nitrogens is 3. The molecule has 3 nitrogen and oxygen atoms in total. The average molecular weight is 1200 g/mol. The van der Waals surface area contributed by atoms with Crippen LogP contribution in [-0.4, -0.2) is 15.0 Å². The summed E-state index contributed by atoms with van der Waals surface area (Å²) in [6.45, 7) is 7.25. The number of aryl methyl sites for hydroxylation is 4. The van der Waals surface area contributed by atoms with Crippen molar-refractivity contribution in [2.75, 3.05) is 0 Å². The van der Waals surface area contributed by atoms with Crippen LogP contribution >= 0.6 is 20.1 Å². The predicted octanol–water partition coefficient (Wildman–Crippen LogP) is 19.9. The fourth-order valence-electron chi connectivity index (χ4n) is 16.9. The van der Waals surface area contributed by atoms with E-state index in [2.05, 4.69) is 187 Å². The molecule has 9 atom stereocenters. The van der Waals surface area contributed by atoms with E-state index in [1.54, 1.807) is 33.4 Å². The second-order valence-electron chi connectivity index (χ2n) is 25.6. The Morgan fingerprint density at radius 3 is 1.32 bits per heavy atom. The summed E-state index contributed by atoms with van der Waals surface area (Å²) in [5.74, 6) is 7.36. The molecule has 3 saturated carbocycles. The van der Waals surface area contributed by atoms with E-state index in [0.29, 0.717) is 11.8 Å². The third kappa shape index (κ3) is 14.0. The normalized spacial score (nSPS) is 23.5. The van der Waals surface area contributed by atoms with Crippen LogP contribution in [0.4, 0.5) is 0 Å². The van der Waals surface area contributed by atoms with Crippen molar-refractivity contribution in [1.82, 2.24) is 15.0 Å². The molecule has 7 aliphatic rings. The molecular weight excluding hydrogens is 1110 g/mol. The molecule has 0 saturated heterocycles. The molecule has 0 spiro atoms. The second-order valence-corrected chi connectivity index (χ2v) is 27.7. The molecule has 3 fully saturated rings. The SMILES string of the molecule is CC1=C(Cc2ccccc2)c2cc3c(cc2C1Cc1ccccn1)CCC3.CC1=C(Cc2ccccn2)c2cc3c(cc2C1Cc1ccccc1)CCC3.CC1C(Cc2ccccc2)C2CC3CCCC3CC2C1Cc1ccccn1.[CH3-].[Cl][Cr+][Cl]. The van der Waals surface area contributed by atoms with Gasteiger partial charge in [0.1, 0.15) is 0 Å². The zero-order chi connectivity index (χ0) is 57.4. The molecule has 0 N–H and O–H groups in total. The Kier molecular flexibility index (Phi) is 20.6. The van der Waals surface area contributed by atoms with Gasteiger partial charge in [-0.15, -0.1) is 0 Å². The Balaban J connectivity index is 0.000000129. The second kappa shape index (κ2) is 28.8. The fourth-order valence-corrected chi connectivity index (χ4v) is 16.9. The molecule has 15 rings (SSSR count). The van der Waals surface area contributed by atoms with E-state index in [4.69, 9.17) is 20.1 Å². The van der Waals surface area contributed by atoms with E-state index in [1.165, 1.54) is 151 Å². The summed E-state index contributed by atoms with van der Waals surface area (Å²) in [5.41, 5.74) is 26.5. The van der Waals surface area contributed by atoms with Crippen LogP contribution in [-0.2, 0) is 77.6 Å². The Bertz CT molecular complexity index is 3280. The number of allylic oxidation sites excluding steroid dienone is 4. The quantitative estimate of drug-likeness (QED) is 0.114. The van der Waals surface area contributed by atoms with Gasteiger partial charge >= 0.3 is 33.5 Å². The zero-order valence-electron chi connectivity index (χ0n) is 50.6. The van der Waals surface area contributed by atoms with Crippen molar-refractivity contribution in [3.05, 3.63) is 285 Å². The van der Waals surface area contributed by atoms with Crippen molar-refractivity contribution < 1.29 is 13.4 Å². The molecule has 3 heterocycles. The van der Waals surface area contributed by atoms with Gasteiger partial charge in [-0.2, -0.15) is 0 Å². The summed E-state index contributed by atoms with van der Waals surface area (Å²) in [7, 11) is 9.65. The van der Waals surface area contributed by atoms with Gasteiger partial charge in [-0.3, -0.25) is 15.0 Å². The Labute approximate surface area is 524 Å². The van der Waals surface area contributed by atoms with Crippen molar-refractivity contribution in [3.8, 4) is 0 Å². The molecule has 0 aliphatic heterocycles. The number of halogens is 2. The molecule has 9 unspecified atom stereocenters. The summed E-state index contributed by atoms with van der Waals surface area (Å²) < 4.78 is 0. The Morgan fingerprint density at radius 1 is 0.435 bits per heavy atom. The minimum atomic E-state index is -0.181. The summed E-state index contributed by atoms with van der Waals surface area (Å²) in [6, 6.07) is 62.1. The summed E-state index contributed by atoms with van der Waals surface area (Å²) >= 11 is -0.181. The first kappa shape index (κ1) is 60.8. The van der Waals surface area contributed by atoms with Crippen LogP contribution in [0.25, 0.3) is 11.1 Å². The number of rotatable bonds is 12. The maximum atomic E-state index is 4.83.